The lowest BCUT2D eigenvalue weighted by molar-refractivity contribution is 0.0948. The van der Waals surface area contributed by atoms with Gasteiger partial charge in [0, 0.05) is 24.2 Å². The Morgan fingerprint density at radius 1 is 1.09 bits per heavy atom. The van der Waals surface area contributed by atoms with Crippen LogP contribution in [0.4, 0.5) is 4.39 Å². The van der Waals surface area contributed by atoms with Gasteiger partial charge in [0.25, 0.3) is 11.5 Å². The summed E-state index contributed by atoms with van der Waals surface area (Å²) in [6.07, 6.45) is 0.717. The number of Topliss-reactive ketones (excluding diaryl/α,β-unsaturated/α-hetero) is 1. The monoisotopic (exact) mass is 495 g/mol. The van der Waals surface area contributed by atoms with Gasteiger partial charge in [0.15, 0.2) is 10.9 Å². The lowest BCUT2D eigenvalue weighted by atomic mass is 10.1. The zero-order valence-electron chi connectivity index (χ0n) is 19.7. The maximum Gasteiger partial charge on any atom is 0.262 e. The molecule has 4 rings (SSSR count). The molecule has 2 heterocycles. The fourth-order valence-electron chi connectivity index (χ4n) is 3.69. The molecule has 0 atom stereocenters. The molecular formula is C25H26FN5O3S. The van der Waals surface area contributed by atoms with Crippen LogP contribution in [0.3, 0.4) is 0 Å². The summed E-state index contributed by atoms with van der Waals surface area (Å²) in [5.74, 6) is -0.138. The van der Waals surface area contributed by atoms with Crippen molar-refractivity contribution in [3.05, 3.63) is 69.8 Å². The predicted octanol–water partition coefficient (Wildman–Crippen LogP) is 3.95. The van der Waals surface area contributed by atoms with Crippen molar-refractivity contribution >= 4 is 40.1 Å². The second-order valence-electron chi connectivity index (χ2n) is 8.63. The fraction of sp³-hybridized carbons (Fsp3) is 0.320. The van der Waals surface area contributed by atoms with Crippen LogP contribution < -0.4 is 10.9 Å². The number of ketones is 1. The third-order valence-corrected chi connectivity index (χ3v) is 6.38. The van der Waals surface area contributed by atoms with Crippen LogP contribution in [0.5, 0.6) is 0 Å². The first-order valence-corrected chi connectivity index (χ1v) is 12.4. The van der Waals surface area contributed by atoms with E-state index >= 15 is 0 Å². The summed E-state index contributed by atoms with van der Waals surface area (Å²) >= 11 is 1.17. The highest BCUT2D eigenvalue weighted by Gasteiger charge is 2.19. The number of nitrogens with zero attached hydrogens (tertiary/aromatic N) is 4. The van der Waals surface area contributed by atoms with E-state index in [-0.39, 0.29) is 23.0 Å². The number of benzene rings is 2. The Morgan fingerprint density at radius 3 is 2.49 bits per heavy atom. The summed E-state index contributed by atoms with van der Waals surface area (Å²) in [6, 6.07) is 10.3. The Kier molecular flexibility index (Phi) is 7.30. The zero-order valence-corrected chi connectivity index (χ0v) is 20.6. The van der Waals surface area contributed by atoms with Crippen molar-refractivity contribution in [1.82, 2.24) is 24.5 Å². The van der Waals surface area contributed by atoms with Crippen molar-refractivity contribution in [2.45, 2.75) is 38.9 Å². The van der Waals surface area contributed by atoms with Gasteiger partial charge in [-0.1, -0.05) is 32.5 Å². The van der Waals surface area contributed by atoms with E-state index in [1.165, 1.54) is 36.0 Å². The number of thioether (sulfide) groups is 1. The van der Waals surface area contributed by atoms with Gasteiger partial charge in [-0.2, -0.15) is 0 Å². The van der Waals surface area contributed by atoms with E-state index in [1.807, 2.05) is 20.8 Å². The summed E-state index contributed by atoms with van der Waals surface area (Å²) in [5.41, 5.74) is 1.09. The van der Waals surface area contributed by atoms with E-state index in [4.69, 9.17) is 0 Å². The number of carbonyl (C=O) groups excluding carboxylic acids is 2. The number of halogens is 1. The van der Waals surface area contributed by atoms with Crippen LogP contribution in [-0.2, 0) is 6.54 Å². The van der Waals surface area contributed by atoms with Gasteiger partial charge in [0.05, 0.1) is 16.7 Å². The molecule has 2 aromatic carbocycles. The summed E-state index contributed by atoms with van der Waals surface area (Å²) < 4.78 is 16.5. The third-order valence-electron chi connectivity index (χ3n) is 5.45. The Balaban J connectivity index is 1.77. The molecule has 0 aliphatic carbocycles. The number of hydrogen-bond donors (Lipinski definition) is 1. The van der Waals surface area contributed by atoms with Crippen molar-refractivity contribution < 1.29 is 14.0 Å². The Morgan fingerprint density at radius 2 is 1.80 bits per heavy atom. The second kappa shape index (κ2) is 10.4. The van der Waals surface area contributed by atoms with E-state index < -0.39 is 5.82 Å². The molecule has 0 saturated heterocycles. The predicted molar refractivity (Wildman–Crippen MR) is 134 cm³/mol. The molecule has 4 aromatic rings. The molecule has 1 amide bonds. The van der Waals surface area contributed by atoms with Gasteiger partial charge in [-0.15, -0.1) is 10.2 Å². The van der Waals surface area contributed by atoms with Gasteiger partial charge in [0.1, 0.15) is 5.82 Å². The molecule has 0 spiro atoms. The minimum Gasteiger partial charge on any atom is -0.352 e. The Bertz CT molecular complexity index is 1460. The topological polar surface area (TPSA) is 98.4 Å². The summed E-state index contributed by atoms with van der Waals surface area (Å²) in [7, 11) is 0. The smallest absolute Gasteiger partial charge is 0.262 e. The molecule has 0 radical (unpaired) electrons. The van der Waals surface area contributed by atoms with Crippen LogP contribution >= 0.6 is 11.8 Å². The highest BCUT2D eigenvalue weighted by molar-refractivity contribution is 7.99. The number of fused-ring (bicyclic) bond motifs is 3. The number of aromatic nitrogens is 4. The van der Waals surface area contributed by atoms with E-state index in [9.17, 15) is 18.8 Å². The summed E-state index contributed by atoms with van der Waals surface area (Å²) in [4.78, 5) is 38.5. The van der Waals surface area contributed by atoms with Crippen LogP contribution in [0.1, 0.15) is 47.9 Å². The Hall–Kier alpha value is -3.53. The largest absolute Gasteiger partial charge is 0.352 e. The van der Waals surface area contributed by atoms with Gasteiger partial charge in [-0.25, -0.2) is 4.39 Å². The molecule has 0 aliphatic heterocycles. The van der Waals surface area contributed by atoms with Crippen molar-refractivity contribution in [2.75, 3.05) is 12.3 Å². The van der Waals surface area contributed by atoms with Crippen molar-refractivity contribution in [3.8, 4) is 0 Å². The van der Waals surface area contributed by atoms with Gasteiger partial charge in [0.2, 0.25) is 5.78 Å². The number of hydrogen-bond acceptors (Lipinski definition) is 6. The van der Waals surface area contributed by atoms with Crippen molar-refractivity contribution in [2.24, 2.45) is 5.92 Å². The van der Waals surface area contributed by atoms with E-state index in [0.717, 1.165) is 6.42 Å². The number of nitrogens with one attached hydrogen (secondary N) is 1. The van der Waals surface area contributed by atoms with Gasteiger partial charge in [-0.05, 0) is 54.8 Å². The van der Waals surface area contributed by atoms with E-state index in [2.05, 4.69) is 15.5 Å². The fourth-order valence-corrected chi connectivity index (χ4v) is 4.52. The third kappa shape index (κ3) is 5.12. The maximum atomic E-state index is 13.2. The maximum absolute atomic E-state index is 13.2. The molecule has 0 bridgehead atoms. The highest BCUT2D eigenvalue weighted by atomic mass is 32.2. The van der Waals surface area contributed by atoms with E-state index in [0.29, 0.717) is 52.0 Å². The zero-order chi connectivity index (χ0) is 25.1. The summed E-state index contributed by atoms with van der Waals surface area (Å²) in [6.45, 7) is 6.96. The van der Waals surface area contributed by atoms with Gasteiger partial charge < -0.3 is 5.32 Å². The van der Waals surface area contributed by atoms with Crippen LogP contribution in [0.25, 0.3) is 16.7 Å². The van der Waals surface area contributed by atoms with Crippen LogP contribution in [-0.4, -0.2) is 43.2 Å². The molecule has 0 saturated carbocycles. The van der Waals surface area contributed by atoms with Crippen LogP contribution in [0.15, 0.2) is 52.4 Å². The van der Waals surface area contributed by atoms with Crippen molar-refractivity contribution in [3.63, 3.8) is 0 Å². The minimum absolute atomic E-state index is 0.0510. The first kappa shape index (κ1) is 24.6. The Labute approximate surface area is 205 Å². The molecule has 1 N–H and O–H groups in total. The molecule has 8 nitrogen and oxygen atoms in total. The number of aryl methyl sites for hydroxylation is 1. The average molecular weight is 496 g/mol. The lowest BCUT2D eigenvalue weighted by Gasteiger charge is -2.12. The SMILES string of the molecule is CCCn1c(=O)c2ccc(C(=O)NCC(C)C)cc2n2c(SCC(=O)c3ccc(F)cc3)nnc12. The average Bonchev–Trinajstić information content (AvgIpc) is 3.27. The molecular weight excluding hydrogens is 469 g/mol. The first-order valence-electron chi connectivity index (χ1n) is 11.4. The van der Waals surface area contributed by atoms with Gasteiger partial charge >= 0.3 is 0 Å². The number of carbonyl (C=O) groups is 2. The first-order chi connectivity index (χ1) is 16.8. The van der Waals surface area contributed by atoms with Crippen LogP contribution in [0, 0.1) is 11.7 Å². The standard InChI is InChI=1S/C25H26FN5O3S/c1-4-11-30-23(34)19-10-7-17(22(33)27-13-15(2)3)12-20(19)31-24(30)28-29-25(31)35-14-21(32)16-5-8-18(26)9-6-16/h5-10,12,15H,4,11,13-14H2,1-3H3,(H,27,33). The minimum atomic E-state index is -0.411. The molecule has 182 valence electrons. The number of amides is 1. The lowest BCUT2D eigenvalue weighted by Crippen LogP contribution is -2.28. The molecule has 35 heavy (non-hydrogen) atoms. The molecule has 2 aromatic heterocycles. The molecule has 0 unspecified atom stereocenters. The van der Waals surface area contributed by atoms with E-state index in [1.54, 1.807) is 27.2 Å². The summed E-state index contributed by atoms with van der Waals surface area (Å²) in [5, 5.41) is 12.2. The van der Waals surface area contributed by atoms with Crippen LogP contribution in [0.2, 0.25) is 0 Å². The highest BCUT2D eigenvalue weighted by Crippen LogP contribution is 2.24. The molecule has 0 fully saturated rings. The van der Waals surface area contributed by atoms with Gasteiger partial charge in [-0.3, -0.25) is 23.4 Å². The van der Waals surface area contributed by atoms with Crippen molar-refractivity contribution in [1.29, 1.82) is 0 Å². The normalized spacial score (nSPS) is 11.5. The number of rotatable bonds is 9. The molecule has 10 heteroatoms. The second-order valence-corrected chi connectivity index (χ2v) is 9.57. The molecule has 0 aliphatic rings. The quantitative estimate of drug-likeness (QED) is 0.279.